The standard InChI is InChI=1S/C19H32N2/c1-5-16-10-11-19(20-3)18(12-16)14-21(4)13-17-9-7-6-8-15(17)2/h6-9,16,18-20H,5,10-14H2,1-4H3. The lowest BCUT2D eigenvalue weighted by Gasteiger charge is -2.38. The smallest absolute Gasteiger partial charge is 0.0233 e. The molecule has 1 aromatic carbocycles. The molecule has 1 aliphatic rings. The SMILES string of the molecule is CCC1CCC(NC)C(CN(C)Cc2ccccc2C)C1. The Kier molecular flexibility index (Phi) is 6.25. The van der Waals surface area contributed by atoms with E-state index < -0.39 is 0 Å². The molecule has 1 aliphatic carbocycles. The number of nitrogens with one attached hydrogen (secondary N) is 1. The summed E-state index contributed by atoms with van der Waals surface area (Å²) in [5.74, 6) is 1.73. The van der Waals surface area contributed by atoms with Crippen LogP contribution in [0.2, 0.25) is 0 Å². The first-order valence-corrected chi connectivity index (χ1v) is 8.54. The van der Waals surface area contributed by atoms with Crippen molar-refractivity contribution in [2.45, 2.75) is 52.1 Å². The molecule has 1 N–H and O–H groups in total. The summed E-state index contributed by atoms with van der Waals surface area (Å²) in [7, 11) is 4.40. The highest BCUT2D eigenvalue weighted by Gasteiger charge is 2.29. The highest BCUT2D eigenvalue weighted by molar-refractivity contribution is 5.25. The van der Waals surface area contributed by atoms with E-state index in [1.54, 1.807) is 0 Å². The summed E-state index contributed by atoms with van der Waals surface area (Å²) in [6.45, 7) is 6.83. The Balaban J connectivity index is 1.93. The van der Waals surface area contributed by atoms with Gasteiger partial charge in [-0.25, -0.2) is 0 Å². The number of benzene rings is 1. The van der Waals surface area contributed by atoms with E-state index in [1.807, 2.05) is 0 Å². The van der Waals surface area contributed by atoms with Gasteiger partial charge in [-0.2, -0.15) is 0 Å². The largest absolute Gasteiger partial charge is 0.317 e. The number of aryl methyl sites for hydroxylation is 1. The quantitative estimate of drug-likeness (QED) is 0.855. The van der Waals surface area contributed by atoms with E-state index in [2.05, 4.69) is 62.4 Å². The molecule has 3 atom stereocenters. The third kappa shape index (κ3) is 4.55. The molecular weight excluding hydrogens is 256 g/mol. The molecule has 0 heterocycles. The highest BCUT2D eigenvalue weighted by atomic mass is 15.1. The van der Waals surface area contributed by atoms with Gasteiger partial charge in [0.05, 0.1) is 0 Å². The molecule has 118 valence electrons. The first kappa shape index (κ1) is 16.5. The Morgan fingerprint density at radius 3 is 2.67 bits per heavy atom. The minimum absolute atomic E-state index is 0.701. The van der Waals surface area contributed by atoms with Gasteiger partial charge in [-0.3, -0.25) is 0 Å². The molecule has 1 saturated carbocycles. The van der Waals surface area contributed by atoms with E-state index in [-0.39, 0.29) is 0 Å². The third-order valence-corrected chi connectivity index (χ3v) is 5.29. The zero-order chi connectivity index (χ0) is 15.2. The summed E-state index contributed by atoms with van der Waals surface area (Å²) in [6.07, 6.45) is 5.48. The maximum atomic E-state index is 3.55. The molecule has 0 spiro atoms. The fraction of sp³-hybridized carbons (Fsp3) is 0.684. The maximum Gasteiger partial charge on any atom is 0.0233 e. The van der Waals surface area contributed by atoms with Crippen LogP contribution in [0.25, 0.3) is 0 Å². The molecule has 21 heavy (non-hydrogen) atoms. The Labute approximate surface area is 130 Å². The number of hydrogen-bond donors (Lipinski definition) is 1. The molecule has 0 saturated heterocycles. The molecule has 1 aromatic rings. The van der Waals surface area contributed by atoms with Crippen LogP contribution in [0.1, 0.15) is 43.7 Å². The minimum Gasteiger partial charge on any atom is -0.317 e. The second kappa shape index (κ2) is 7.95. The third-order valence-electron chi connectivity index (χ3n) is 5.29. The molecular formula is C19H32N2. The maximum absolute atomic E-state index is 3.55. The predicted octanol–water partition coefficient (Wildman–Crippen LogP) is 3.84. The summed E-state index contributed by atoms with van der Waals surface area (Å²) in [4.78, 5) is 2.51. The second-order valence-corrected chi connectivity index (χ2v) is 6.87. The van der Waals surface area contributed by atoms with Gasteiger partial charge in [-0.05, 0) is 63.2 Å². The van der Waals surface area contributed by atoms with Crippen LogP contribution in [0.4, 0.5) is 0 Å². The molecule has 2 rings (SSSR count). The average Bonchev–Trinajstić information content (AvgIpc) is 2.49. The van der Waals surface area contributed by atoms with Crippen LogP contribution in [-0.4, -0.2) is 31.6 Å². The Bertz CT molecular complexity index is 429. The Hall–Kier alpha value is -0.860. The van der Waals surface area contributed by atoms with Crippen molar-refractivity contribution in [3.8, 4) is 0 Å². The van der Waals surface area contributed by atoms with Crippen molar-refractivity contribution < 1.29 is 0 Å². The molecule has 2 nitrogen and oxygen atoms in total. The highest BCUT2D eigenvalue weighted by Crippen LogP contribution is 2.31. The van der Waals surface area contributed by atoms with Gasteiger partial charge >= 0.3 is 0 Å². The number of rotatable bonds is 6. The van der Waals surface area contributed by atoms with Crippen LogP contribution in [0.15, 0.2) is 24.3 Å². The lowest BCUT2D eigenvalue weighted by Crippen LogP contribution is -2.43. The van der Waals surface area contributed by atoms with Crippen molar-refractivity contribution in [3.63, 3.8) is 0 Å². The first-order chi connectivity index (χ1) is 10.1. The van der Waals surface area contributed by atoms with Gasteiger partial charge in [0.25, 0.3) is 0 Å². The Morgan fingerprint density at radius 2 is 2.00 bits per heavy atom. The van der Waals surface area contributed by atoms with Crippen LogP contribution < -0.4 is 5.32 Å². The number of nitrogens with zero attached hydrogens (tertiary/aromatic N) is 1. The van der Waals surface area contributed by atoms with Crippen LogP contribution >= 0.6 is 0 Å². The zero-order valence-electron chi connectivity index (χ0n) is 14.2. The molecule has 0 bridgehead atoms. The van der Waals surface area contributed by atoms with Crippen molar-refractivity contribution in [3.05, 3.63) is 35.4 Å². The summed E-state index contributed by atoms with van der Waals surface area (Å²) in [6, 6.07) is 9.46. The van der Waals surface area contributed by atoms with Crippen LogP contribution in [0.3, 0.4) is 0 Å². The average molecular weight is 288 g/mol. The van der Waals surface area contributed by atoms with Gasteiger partial charge in [0.2, 0.25) is 0 Å². The van der Waals surface area contributed by atoms with Gasteiger partial charge in [0, 0.05) is 19.1 Å². The summed E-state index contributed by atoms with van der Waals surface area (Å²) < 4.78 is 0. The lowest BCUT2D eigenvalue weighted by molar-refractivity contribution is 0.153. The molecule has 0 amide bonds. The molecule has 1 fully saturated rings. The topological polar surface area (TPSA) is 15.3 Å². The lowest BCUT2D eigenvalue weighted by atomic mass is 9.76. The molecule has 0 radical (unpaired) electrons. The van der Waals surface area contributed by atoms with Gasteiger partial charge in [0.1, 0.15) is 0 Å². The van der Waals surface area contributed by atoms with Crippen molar-refractivity contribution in [2.24, 2.45) is 11.8 Å². The summed E-state index contributed by atoms with van der Waals surface area (Å²) in [5.41, 5.74) is 2.87. The van der Waals surface area contributed by atoms with E-state index in [0.717, 1.165) is 18.4 Å². The predicted molar refractivity (Wildman–Crippen MR) is 91.5 cm³/mol. The fourth-order valence-electron chi connectivity index (χ4n) is 3.86. The van der Waals surface area contributed by atoms with Gasteiger partial charge in [-0.1, -0.05) is 37.6 Å². The fourth-order valence-corrected chi connectivity index (χ4v) is 3.86. The summed E-state index contributed by atoms with van der Waals surface area (Å²) >= 11 is 0. The van der Waals surface area contributed by atoms with Gasteiger partial charge in [-0.15, -0.1) is 0 Å². The monoisotopic (exact) mass is 288 g/mol. The van der Waals surface area contributed by atoms with Gasteiger partial charge in [0.15, 0.2) is 0 Å². The Morgan fingerprint density at radius 1 is 1.24 bits per heavy atom. The van der Waals surface area contributed by atoms with E-state index in [1.165, 1.54) is 43.4 Å². The molecule has 0 aliphatic heterocycles. The van der Waals surface area contributed by atoms with E-state index in [9.17, 15) is 0 Å². The van der Waals surface area contributed by atoms with Crippen molar-refractivity contribution >= 4 is 0 Å². The van der Waals surface area contributed by atoms with Crippen LogP contribution in [0, 0.1) is 18.8 Å². The van der Waals surface area contributed by atoms with Crippen LogP contribution in [-0.2, 0) is 6.54 Å². The molecule has 2 heteroatoms. The number of hydrogen-bond acceptors (Lipinski definition) is 2. The van der Waals surface area contributed by atoms with Crippen LogP contribution in [0.5, 0.6) is 0 Å². The minimum atomic E-state index is 0.701. The van der Waals surface area contributed by atoms with Gasteiger partial charge < -0.3 is 10.2 Å². The first-order valence-electron chi connectivity index (χ1n) is 8.54. The van der Waals surface area contributed by atoms with E-state index >= 15 is 0 Å². The van der Waals surface area contributed by atoms with E-state index in [4.69, 9.17) is 0 Å². The van der Waals surface area contributed by atoms with Crippen molar-refractivity contribution in [1.82, 2.24) is 10.2 Å². The van der Waals surface area contributed by atoms with E-state index in [0.29, 0.717) is 6.04 Å². The summed E-state index contributed by atoms with van der Waals surface area (Å²) in [5, 5.41) is 3.55. The van der Waals surface area contributed by atoms with Crippen molar-refractivity contribution in [1.29, 1.82) is 0 Å². The normalized spacial score (nSPS) is 26.2. The molecule has 0 aromatic heterocycles. The molecule has 3 unspecified atom stereocenters. The zero-order valence-corrected chi connectivity index (χ0v) is 14.2. The second-order valence-electron chi connectivity index (χ2n) is 6.87. The van der Waals surface area contributed by atoms with Crippen molar-refractivity contribution in [2.75, 3.05) is 20.6 Å².